The van der Waals surface area contributed by atoms with Crippen molar-refractivity contribution in [1.29, 1.82) is 0 Å². The van der Waals surface area contributed by atoms with Crippen molar-refractivity contribution in [3.63, 3.8) is 0 Å². The first kappa shape index (κ1) is 13.8. The molecule has 0 aliphatic carbocycles. The van der Waals surface area contributed by atoms with Gasteiger partial charge in [0.2, 0.25) is 5.91 Å². The second-order valence-corrected chi connectivity index (χ2v) is 5.38. The van der Waals surface area contributed by atoms with Crippen molar-refractivity contribution in [2.45, 2.75) is 0 Å². The topological polar surface area (TPSA) is 49.3 Å². The quantitative estimate of drug-likeness (QED) is 0.812. The van der Waals surface area contributed by atoms with Crippen LogP contribution in [0.25, 0.3) is 6.08 Å². The third kappa shape index (κ3) is 3.46. The average Bonchev–Trinajstić information content (AvgIpc) is 3.08. The molecule has 5 nitrogen and oxygen atoms in total. The standard InChI is InChI=1S/C15H16N4OS/c20-15(7-6-13-4-2-1-3-5-13)19-10-8-18(9-11-19)14-12-16-21-17-14/h1-7,12H,8-11H2/b7-6+. The normalized spacial score (nSPS) is 15.6. The van der Waals surface area contributed by atoms with Crippen LogP contribution in [0, 0.1) is 0 Å². The highest BCUT2D eigenvalue weighted by molar-refractivity contribution is 6.99. The summed E-state index contributed by atoms with van der Waals surface area (Å²) in [7, 11) is 0. The lowest BCUT2D eigenvalue weighted by Crippen LogP contribution is -2.48. The lowest BCUT2D eigenvalue weighted by Gasteiger charge is -2.34. The first-order valence-electron chi connectivity index (χ1n) is 6.87. The maximum Gasteiger partial charge on any atom is 0.246 e. The van der Waals surface area contributed by atoms with Crippen molar-refractivity contribution in [2.24, 2.45) is 0 Å². The molecule has 3 rings (SSSR count). The van der Waals surface area contributed by atoms with Crippen molar-refractivity contribution in [1.82, 2.24) is 13.6 Å². The maximum atomic E-state index is 12.2. The van der Waals surface area contributed by atoms with Crippen LogP contribution in [0.4, 0.5) is 5.82 Å². The summed E-state index contributed by atoms with van der Waals surface area (Å²) < 4.78 is 8.24. The van der Waals surface area contributed by atoms with Gasteiger partial charge in [-0.15, -0.1) is 0 Å². The van der Waals surface area contributed by atoms with Gasteiger partial charge in [0.1, 0.15) is 0 Å². The second kappa shape index (κ2) is 6.49. The summed E-state index contributed by atoms with van der Waals surface area (Å²) >= 11 is 1.21. The van der Waals surface area contributed by atoms with Gasteiger partial charge in [0.05, 0.1) is 17.9 Å². The third-order valence-corrected chi connectivity index (χ3v) is 3.95. The minimum atomic E-state index is 0.0647. The van der Waals surface area contributed by atoms with Gasteiger partial charge in [-0.3, -0.25) is 4.79 Å². The molecule has 1 fully saturated rings. The Hall–Kier alpha value is -2.21. The highest BCUT2D eigenvalue weighted by atomic mass is 32.1. The number of aromatic nitrogens is 2. The highest BCUT2D eigenvalue weighted by Gasteiger charge is 2.20. The fourth-order valence-corrected chi connectivity index (χ4v) is 2.73. The minimum Gasteiger partial charge on any atom is -0.351 e. The van der Waals surface area contributed by atoms with Gasteiger partial charge in [0, 0.05) is 32.3 Å². The number of rotatable bonds is 3. The van der Waals surface area contributed by atoms with Crippen molar-refractivity contribution in [3.8, 4) is 0 Å². The summed E-state index contributed by atoms with van der Waals surface area (Å²) in [6.45, 7) is 3.04. The molecule has 0 radical (unpaired) electrons. The number of carbonyl (C=O) groups excluding carboxylic acids is 1. The molecule has 0 N–H and O–H groups in total. The monoisotopic (exact) mass is 300 g/mol. The summed E-state index contributed by atoms with van der Waals surface area (Å²) in [4.78, 5) is 16.2. The molecule has 1 amide bonds. The largest absolute Gasteiger partial charge is 0.351 e. The third-order valence-electron chi connectivity index (χ3n) is 3.48. The van der Waals surface area contributed by atoms with Crippen LogP contribution >= 0.6 is 11.7 Å². The summed E-state index contributed by atoms with van der Waals surface area (Å²) in [5.74, 6) is 0.974. The van der Waals surface area contributed by atoms with Crippen LogP contribution < -0.4 is 4.90 Å². The molecule has 1 aromatic heterocycles. The second-order valence-electron chi connectivity index (χ2n) is 4.82. The molecule has 1 aliphatic heterocycles. The Morgan fingerprint density at radius 1 is 1.14 bits per heavy atom. The Bertz CT molecular complexity index is 604. The van der Waals surface area contributed by atoms with Crippen LogP contribution in [0.2, 0.25) is 0 Å². The van der Waals surface area contributed by atoms with E-state index in [0.29, 0.717) is 0 Å². The minimum absolute atomic E-state index is 0.0647. The fourth-order valence-electron chi connectivity index (χ4n) is 2.29. The molecule has 1 saturated heterocycles. The SMILES string of the molecule is O=C(/C=C/c1ccccc1)N1CCN(c2cnsn2)CC1. The Morgan fingerprint density at radius 3 is 2.57 bits per heavy atom. The van der Waals surface area contributed by atoms with E-state index in [1.165, 1.54) is 11.7 Å². The van der Waals surface area contributed by atoms with Crippen LogP contribution in [0.3, 0.4) is 0 Å². The van der Waals surface area contributed by atoms with E-state index in [1.807, 2.05) is 41.3 Å². The Balaban J connectivity index is 1.54. The van der Waals surface area contributed by atoms with Gasteiger partial charge in [-0.25, -0.2) is 0 Å². The summed E-state index contributed by atoms with van der Waals surface area (Å²) in [6.07, 6.45) is 5.28. The molecule has 1 aliphatic rings. The van der Waals surface area contributed by atoms with Gasteiger partial charge in [-0.2, -0.15) is 8.75 Å². The van der Waals surface area contributed by atoms with E-state index in [9.17, 15) is 4.79 Å². The van der Waals surface area contributed by atoms with Crippen LogP contribution in [-0.2, 0) is 4.79 Å². The summed E-state index contributed by atoms with van der Waals surface area (Å²) in [6, 6.07) is 9.86. The number of benzene rings is 1. The molecule has 2 aromatic rings. The zero-order chi connectivity index (χ0) is 14.5. The molecule has 0 bridgehead atoms. The number of nitrogens with zero attached hydrogens (tertiary/aromatic N) is 4. The maximum absolute atomic E-state index is 12.2. The van der Waals surface area contributed by atoms with Crippen LogP contribution in [0.5, 0.6) is 0 Å². The molecule has 1 aromatic carbocycles. The molecule has 6 heteroatoms. The summed E-state index contributed by atoms with van der Waals surface area (Å²) in [5.41, 5.74) is 1.04. The number of carbonyl (C=O) groups is 1. The Labute approximate surface area is 127 Å². The van der Waals surface area contributed by atoms with Gasteiger partial charge >= 0.3 is 0 Å². The molecule has 0 spiro atoms. The van der Waals surface area contributed by atoms with Crippen molar-refractivity contribution >= 4 is 29.5 Å². The van der Waals surface area contributed by atoms with Crippen molar-refractivity contribution < 1.29 is 4.79 Å². The molecular weight excluding hydrogens is 284 g/mol. The van der Waals surface area contributed by atoms with Crippen LogP contribution in [0.1, 0.15) is 5.56 Å². The lowest BCUT2D eigenvalue weighted by atomic mass is 10.2. The molecule has 0 unspecified atom stereocenters. The number of amides is 1. The van der Waals surface area contributed by atoms with E-state index in [4.69, 9.17) is 0 Å². The van der Waals surface area contributed by atoms with E-state index < -0.39 is 0 Å². The number of piperazine rings is 1. The number of anilines is 1. The first-order chi connectivity index (χ1) is 10.3. The molecule has 0 saturated carbocycles. The van der Waals surface area contributed by atoms with E-state index in [1.54, 1.807) is 12.3 Å². The van der Waals surface area contributed by atoms with E-state index in [2.05, 4.69) is 13.6 Å². The molecular formula is C15H16N4OS. The van der Waals surface area contributed by atoms with E-state index in [0.717, 1.165) is 37.6 Å². The smallest absolute Gasteiger partial charge is 0.246 e. The highest BCUT2D eigenvalue weighted by Crippen LogP contribution is 2.13. The van der Waals surface area contributed by atoms with Gasteiger partial charge < -0.3 is 9.80 Å². The van der Waals surface area contributed by atoms with Gasteiger partial charge in [0.25, 0.3) is 0 Å². The fraction of sp³-hybridized carbons (Fsp3) is 0.267. The summed E-state index contributed by atoms with van der Waals surface area (Å²) in [5, 5.41) is 0. The molecule has 21 heavy (non-hydrogen) atoms. The van der Waals surface area contributed by atoms with Gasteiger partial charge in [0.15, 0.2) is 5.82 Å². The van der Waals surface area contributed by atoms with Crippen LogP contribution in [0.15, 0.2) is 42.6 Å². The molecule has 0 atom stereocenters. The van der Waals surface area contributed by atoms with E-state index in [-0.39, 0.29) is 5.91 Å². The van der Waals surface area contributed by atoms with Crippen LogP contribution in [-0.4, -0.2) is 45.7 Å². The van der Waals surface area contributed by atoms with E-state index >= 15 is 0 Å². The van der Waals surface area contributed by atoms with Gasteiger partial charge in [-0.05, 0) is 11.6 Å². The van der Waals surface area contributed by atoms with Crippen molar-refractivity contribution in [3.05, 3.63) is 48.2 Å². The molecule has 108 valence electrons. The predicted molar refractivity (Wildman–Crippen MR) is 84.2 cm³/mol. The Morgan fingerprint density at radius 2 is 1.90 bits per heavy atom. The Kier molecular flexibility index (Phi) is 4.25. The molecule has 2 heterocycles. The number of hydrogen-bond donors (Lipinski definition) is 0. The van der Waals surface area contributed by atoms with Crippen molar-refractivity contribution in [2.75, 3.05) is 31.1 Å². The zero-order valence-electron chi connectivity index (χ0n) is 11.6. The zero-order valence-corrected chi connectivity index (χ0v) is 12.4. The lowest BCUT2D eigenvalue weighted by molar-refractivity contribution is -0.126. The first-order valence-corrected chi connectivity index (χ1v) is 7.60. The van der Waals surface area contributed by atoms with Gasteiger partial charge in [-0.1, -0.05) is 30.3 Å². The predicted octanol–water partition coefficient (Wildman–Crippen LogP) is 1.90. The average molecular weight is 300 g/mol. The number of hydrogen-bond acceptors (Lipinski definition) is 5.